The van der Waals surface area contributed by atoms with Gasteiger partial charge in [-0.1, -0.05) is 19.3 Å². The molecule has 0 aromatic carbocycles. The first-order chi connectivity index (χ1) is 8.66. The van der Waals surface area contributed by atoms with Crippen LogP contribution >= 0.6 is 0 Å². The van der Waals surface area contributed by atoms with Gasteiger partial charge in [0.25, 0.3) is 0 Å². The van der Waals surface area contributed by atoms with E-state index in [0.29, 0.717) is 0 Å². The number of carbonyl (C=O) groups excluding carboxylic acids is 1. The summed E-state index contributed by atoms with van der Waals surface area (Å²) in [5, 5.41) is 12.6. The van der Waals surface area contributed by atoms with Gasteiger partial charge in [-0.25, -0.2) is 0 Å². The lowest BCUT2D eigenvalue weighted by Gasteiger charge is -2.29. The summed E-state index contributed by atoms with van der Waals surface area (Å²) < 4.78 is 0. The lowest BCUT2D eigenvalue weighted by molar-refractivity contribution is -0.126. The number of hydrogen-bond donors (Lipinski definition) is 3. The zero-order valence-electron chi connectivity index (χ0n) is 11.1. The highest BCUT2D eigenvalue weighted by Crippen LogP contribution is 2.24. The first-order valence-corrected chi connectivity index (χ1v) is 7.41. The second-order valence-corrected chi connectivity index (χ2v) is 5.92. The summed E-state index contributed by atoms with van der Waals surface area (Å²) in [6.45, 7) is 0. The maximum Gasteiger partial charge on any atom is 0.224 e. The van der Waals surface area contributed by atoms with E-state index in [1.165, 1.54) is 6.42 Å². The smallest absolute Gasteiger partial charge is 0.224 e. The maximum absolute atomic E-state index is 12.3. The predicted molar refractivity (Wildman–Crippen MR) is 71.0 cm³/mol. The molecule has 0 radical (unpaired) electrons. The predicted octanol–water partition coefficient (Wildman–Crippen LogP) is 1.31. The molecule has 2 saturated carbocycles. The standard InChI is InChI=1S/C14H26N2O2/c15-13-5-3-1-2-4-12(13)14(18)16-10-6-8-11(17)9-7-10/h10-13,17H,1-9,15H2,(H,16,18). The van der Waals surface area contributed by atoms with E-state index in [0.717, 1.165) is 51.4 Å². The molecule has 4 nitrogen and oxygen atoms in total. The summed E-state index contributed by atoms with van der Waals surface area (Å²) in [5.41, 5.74) is 6.11. The van der Waals surface area contributed by atoms with Gasteiger partial charge in [0.05, 0.1) is 12.0 Å². The lowest BCUT2D eigenvalue weighted by Crippen LogP contribution is -2.46. The van der Waals surface area contributed by atoms with E-state index in [-0.39, 0.29) is 30.0 Å². The highest BCUT2D eigenvalue weighted by atomic mass is 16.3. The van der Waals surface area contributed by atoms with Crippen LogP contribution in [0.4, 0.5) is 0 Å². The van der Waals surface area contributed by atoms with Gasteiger partial charge in [0.1, 0.15) is 0 Å². The van der Waals surface area contributed by atoms with E-state index in [1.807, 2.05) is 0 Å². The van der Waals surface area contributed by atoms with E-state index in [2.05, 4.69) is 5.32 Å². The molecule has 2 aliphatic rings. The van der Waals surface area contributed by atoms with Gasteiger partial charge in [0.15, 0.2) is 0 Å². The van der Waals surface area contributed by atoms with Gasteiger partial charge in [0.2, 0.25) is 5.91 Å². The number of nitrogens with one attached hydrogen (secondary N) is 1. The quantitative estimate of drug-likeness (QED) is 0.650. The van der Waals surface area contributed by atoms with Gasteiger partial charge in [-0.3, -0.25) is 4.79 Å². The third-order valence-corrected chi connectivity index (χ3v) is 4.45. The Morgan fingerprint density at radius 1 is 1.00 bits per heavy atom. The first kappa shape index (κ1) is 13.8. The highest BCUT2D eigenvalue weighted by molar-refractivity contribution is 5.79. The van der Waals surface area contributed by atoms with E-state index >= 15 is 0 Å². The average molecular weight is 254 g/mol. The molecule has 0 aromatic heterocycles. The number of aliphatic hydroxyl groups excluding tert-OH is 1. The normalized spacial score (nSPS) is 37.9. The average Bonchev–Trinajstić information content (AvgIpc) is 2.57. The van der Waals surface area contributed by atoms with Crippen LogP contribution in [-0.2, 0) is 4.79 Å². The molecular formula is C14H26N2O2. The maximum atomic E-state index is 12.3. The van der Waals surface area contributed by atoms with Gasteiger partial charge in [-0.05, 0) is 38.5 Å². The molecule has 0 aromatic rings. The van der Waals surface area contributed by atoms with Gasteiger partial charge in [-0.2, -0.15) is 0 Å². The fraction of sp³-hybridized carbons (Fsp3) is 0.929. The minimum Gasteiger partial charge on any atom is -0.393 e. The second kappa shape index (κ2) is 6.53. The van der Waals surface area contributed by atoms with Crippen molar-refractivity contribution in [2.24, 2.45) is 11.7 Å². The summed E-state index contributed by atoms with van der Waals surface area (Å²) in [4.78, 5) is 12.3. The Morgan fingerprint density at radius 3 is 2.39 bits per heavy atom. The molecule has 2 atom stereocenters. The number of rotatable bonds is 2. The van der Waals surface area contributed by atoms with E-state index < -0.39 is 0 Å². The molecule has 0 bridgehead atoms. The molecule has 4 heteroatoms. The first-order valence-electron chi connectivity index (χ1n) is 7.41. The minimum atomic E-state index is -0.168. The van der Waals surface area contributed by atoms with Gasteiger partial charge in [0, 0.05) is 12.1 Å². The van der Waals surface area contributed by atoms with Crippen molar-refractivity contribution in [3.05, 3.63) is 0 Å². The number of hydrogen-bond acceptors (Lipinski definition) is 3. The Labute approximate surface area is 109 Å². The molecule has 0 spiro atoms. The molecule has 104 valence electrons. The van der Waals surface area contributed by atoms with Crippen molar-refractivity contribution in [3.63, 3.8) is 0 Å². The Bertz CT molecular complexity index is 275. The van der Waals surface area contributed by atoms with Gasteiger partial charge >= 0.3 is 0 Å². The molecular weight excluding hydrogens is 228 g/mol. The van der Waals surface area contributed by atoms with Crippen molar-refractivity contribution >= 4 is 5.91 Å². The van der Waals surface area contributed by atoms with Gasteiger partial charge in [-0.15, -0.1) is 0 Å². The van der Waals surface area contributed by atoms with Crippen molar-refractivity contribution in [1.82, 2.24) is 5.32 Å². The summed E-state index contributed by atoms with van der Waals surface area (Å²) in [6.07, 6.45) is 8.62. The largest absolute Gasteiger partial charge is 0.393 e. The summed E-state index contributed by atoms with van der Waals surface area (Å²) in [7, 11) is 0. The molecule has 0 heterocycles. The van der Waals surface area contributed by atoms with Gasteiger partial charge < -0.3 is 16.2 Å². The summed E-state index contributed by atoms with van der Waals surface area (Å²) >= 11 is 0. The lowest BCUT2D eigenvalue weighted by atomic mass is 9.90. The fourth-order valence-corrected chi connectivity index (χ4v) is 3.19. The van der Waals surface area contributed by atoms with Crippen LogP contribution < -0.4 is 11.1 Å². The Balaban J connectivity index is 1.82. The van der Waals surface area contributed by atoms with Crippen molar-refractivity contribution in [3.8, 4) is 0 Å². The second-order valence-electron chi connectivity index (χ2n) is 5.92. The molecule has 0 aliphatic heterocycles. The van der Waals surface area contributed by atoms with Crippen LogP contribution in [0.3, 0.4) is 0 Å². The van der Waals surface area contributed by atoms with Crippen molar-refractivity contribution in [2.45, 2.75) is 76.0 Å². The van der Waals surface area contributed by atoms with Crippen LogP contribution in [0, 0.1) is 5.92 Å². The summed E-state index contributed by atoms with van der Waals surface area (Å²) in [5.74, 6) is 0.144. The summed E-state index contributed by atoms with van der Waals surface area (Å²) in [6, 6.07) is 0.276. The number of carbonyl (C=O) groups is 1. The Morgan fingerprint density at radius 2 is 1.67 bits per heavy atom. The van der Waals surface area contributed by atoms with Crippen LogP contribution in [0.15, 0.2) is 0 Å². The molecule has 18 heavy (non-hydrogen) atoms. The highest BCUT2D eigenvalue weighted by Gasteiger charge is 2.29. The van der Waals surface area contributed by atoms with E-state index in [9.17, 15) is 9.90 Å². The SMILES string of the molecule is NC1CCCCCC1C(=O)NC1CCC(O)CC1. The van der Waals surface area contributed by atoms with Crippen LogP contribution in [0.25, 0.3) is 0 Å². The third kappa shape index (κ3) is 3.69. The Hall–Kier alpha value is -0.610. The van der Waals surface area contributed by atoms with Crippen LogP contribution in [0.1, 0.15) is 57.8 Å². The molecule has 4 N–H and O–H groups in total. The van der Waals surface area contributed by atoms with Crippen molar-refractivity contribution in [2.75, 3.05) is 0 Å². The number of aliphatic hydroxyl groups is 1. The zero-order valence-corrected chi connectivity index (χ0v) is 11.1. The monoisotopic (exact) mass is 254 g/mol. The van der Waals surface area contributed by atoms with Crippen LogP contribution in [-0.4, -0.2) is 29.2 Å². The van der Waals surface area contributed by atoms with E-state index in [1.54, 1.807) is 0 Å². The van der Waals surface area contributed by atoms with Crippen LogP contribution in [0.2, 0.25) is 0 Å². The Kier molecular flexibility index (Phi) is 5.01. The fourth-order valence-electron chi connectivity index (χ4n) is 3.19. The van der Waals surface area contributed by atoms with Crippen LogP contribution in [0.5, 0.6) is 0 Å². The van der Waals surface area contributed by atoms with Crippen molar-refractivity contribution < 1.29 is 9.90 Å². The minimum absolute atomic E-state index is 0.000602. The number of nitrogens with two attached hydrogens (primary N) is 1. The number of amides is 1. The zero-order chi connectivity index (χ0) is 13.0. The third-order valence-electron chi connectivity index (χ3n) is 4.45. The van der Waals surface area contributed by atoms with Crippen molar-refractivity contribution in [1.29, 1.82) is 0 Å². The topological polar surface area (TPSA) is 75.4 Å². The molecule has 2 fully saturated rings. The molecule has 2 aliphatic carbocycles. The van der Waals surface area contributed by atoms with E-state index in [4.69, 9.17) is 5.73 Å². The molecule has 1 amide bonds. The molecule has 2 rings (SSSR count). The molecule has 0 saturated heterocycles. The molecule has 2 unspecified atom stereocenters.